The number of hydrogen-bond acceptors (Lipinski definition) is 0. The molecule has 0 saturated heterocycles. The van der Waals surface area contributed by atoms with Crippen molar-refractivity contribution >= 4 is 22.9 Å². The molecule has 1 heterocycles. The van der Waals surface area contributed by atoms with Crippen molar-refractivity contribution in [3.05, 3.63) is 78.1 Å². The Morgan fingerprint density at radius 1 is 0.840 bits per heavy atom. The Kier molecular flexibility index (Phi) is 5.30. The zero-order chi connectivity index (χ0) is 17.7. The lowest BCUT2D eigenvalue weighted by atomic mass is 10.0. The molecule has 0 N–H and O–H groups in total. The van der Waals surface area contributed by atoms with E-state index in [2.05, 4.69) is 105 Å². The third-order valence-corrected chi connectivity index (χ3v) is 4.44. The highest BCUT2D eigenvalue weighted by Crippen LogP contribution is 2.20. The maximum Gasteiger partial charge on any atom is 0.169 e. The van der Waals surface area contributed by atoms with Crippen LogP contribution in [0.1, 0.15) is 17.5 Å². The highest BCUT2D eigenvalue weighted by Gasteiger charge is 2.08. The first-order valence-electron chi connectivity index (χ1n) is 8.97. The highest BCUT2D eigenvalue weighted by molar-refractivity contribution is 5.92. The first-order chi connectivity index (χ1) is 12.0. The molecule has 25 heavy (non-hydrogen) atoms. The number of aromatic nitrogens is 1. The first-order valence-corrected chi connectivity index (χ1v) is 8.97. The normalized spacial score (nSPS) is 12.1. The Morgan fingerprint density at radius 2 is 1.56 bits per heavy atom. The average molecular weight is 332 g/mol. The van der Waals surface area contributed by atoms with E-state index in [9.17, 15) is 0 Å². The maximum absolute atomic E-state index is 2.27. The topological polar surface area (TPSA) is 3.88 Å². The summed E-state index contributed by atoms with van der Waals surface area (Å²) in [7, 11) is 6.73. The summed E-state index contributed by atoms with van der Waals surface area (Å²) in [6.45, 7) is 2.26. The van der Waals surface area contributed by atoms with Gasteiger partial charge in [-0.2, -0.15) is 0 Å². The quantitative estimate of drug-likeness (QED) is 0.465. The van der Waals surface area contributed by atoms with E-state index in [-0.39, 0.29) is 0 Å². The molecule has 0 bridgehead atoms. The monoisotopic (exact) mass is 332 g/mol. The molecule has 0 fully saturated rings. The second-order valence-corrected chi connectivity index (χ2v) is 7.64. The van der Waals surface area contributed by atoms with Crippen molar-refractivity contribution in [1.29, 1.82) is 0 Å². The summed E-state index contributed by atoms with van der Waals surface area (Å²) in [4.78, 5) is 0. The fourth-order valence-electron chi connectivity index (χ4n) is 3.04. The summed E-state index contributed by atoms with van der Waals surface area (Å²) in [6.07, 6.45) is 9.95. The van der Waals surface area contributed by atoms with E-state index in [1.807, 2.05) is 0 Å². The van der Waals surface area contributed by atoms with Crippen LogP contribution >= 0.6 is 0 Å². The van der Waals surface area contributed by atoms with Crippen molar-refractivity contribution in [2.24, 2.45) is 0 Å². The molecule has 0 amide bonds. The van der Waals surface area contributed by atoms with Crippen molar-refractivity contribution in [3.63, 3.8) is 0 Å². The molecule has 0 aliphatic rings. The number of quaternary nitrogens is 1. The smallest absolute Gasteiger partial charge is 0.169 e. The lowest BCUT2D eigenvalue weighted by Crippen LogP contribution is -2.39. The van der Waals surface area contributed by atoms with Crippen LogP contribution < -0.4 is 4.57 Å². The number of pyridine rings is 1. The molecular formula is C23H28N2+2. The van der Waals surface area contributed by atoms with E-state index >= 15 is 0 Å². The predicted molar refractivity (Wildman–Crippen MR) is 107 cm³/mol. The van der Waals surface area contributed by atoms with E-state index in [1.165, 1.54) is 34.9 Å². The fourth-order valence-corrected chi connectivity index (χ4v) is 3.04. The van der Waals surface area contributed by atoms with Gasteiger partial charge in [0.05, 0.1) is 34.1 Å². The molecule has 0 aliphatic carbocycles. The molecule has 2 heteroatoms. The number of fused-ring (bicyclic) bond motifs is 1. The van der Waals surface area contributed by atoms with E-state index in [4.69, 9.17) is 0 Å². The third kappa shape index (κ3) is 5.01. The predicted octanol–water partition coefficient (Wildman–Crippen LogP) is 4.39. The number of benzene rings is 2. The van der Waals surface area contributed by atoms with Gasteiger partial charge < -0.3 is 4.48 Å². The summed E-state index contributed by atoms with van der Waals surface area (Å²) in [5, 5.41) is 2.58. The standard InChI is InChI=1S/C23H28N2/c1-25(2,3)19-7-16-24-17-14-20(15-18-24)12-13-22-10-6-9-21-8-4-5-11-23(21)22/h4-6,8-15,17-18H,7,16,19H2,1-3H3/q+2/b13-12+. The van der Waals surface area contributed by atoms with E-state index < -0.39 is 0 Å². The molecule has 2 aromatic carbocycles. The van der Waals surface area contributed by atoms with E-state index in [1.54, 1.807) is 0 Å². The lowest BCUT2D eigenvalue weighted by molar-refractivity contribution is -0.873. The highest BCUT2D eigenvalue weighted by atomic mass is 15.3. The lowest BCUT2D eigenvalue weighted by Gasteiger charge is -2.22. The van der Waals surface area contributed by atoms with Crippen LogP contribution in [-0.2, 0) is 6.54 Å². The minimum absolute atomic E-state index is 1.02. The number of nitrogens with zero attached hydrogens (tertiary/aromatic N) is 2. The van der Waals surface area contributed by atoms with E-state index in [0.717, 1.165) is 11.0 Å². The minimum Gasteiger partial charge on any atom is -0.331 e. The number of aryl methyl sites for hydroxylation is 1. The second-order valence-electron chi connectivity index (χ2n) is 7.64. The molecule has 0 saturated carbocycles. The average Bonchev–Trinajstić information content (AvgIpc) is 2.60. The van der Waals surface area contributed by atoms with Gasteiger partial charge in [0.15, 0.2) is 18.9 Å². The zero-order valence-corrected chi connectivity index (χ0v) is 15.5. The molecule has 1 aromatic heterocycles. The van der Waals surface area contributed by atoms with Gasteiger partial charge in [-0.15, -0.1) is 0 Å². The van der Waals surface area contributed by atoms with Crippen molar-refractivity contribution < 1.29 is 9.05 Å². The largest absolute Gasteiger partial charge is 0.331 e. The van der Waals surface area contributed by atoms with Gasteiger partial charge in [0, 0.05) is 12.1 Å². The molecule has 0 spiro atoms. The van der Waals surface area contributed by atoms with E-state index in [0.29, 0.717) is 0 Å². The first kappa shape index (κ1) is 17.4. The Balaban J connectivity index is 1.67. The van der Waals surface area contributed by atoms with Gasteiger partial charge >= 0.3 is 0 Å². The van der Waals surface area contributed by atoms with Gasteiger partial charge in [0.25, 0.3) is 0 Å². The van der Waals surface area contributed by atoms with Gasteiger partial charge in [-0.05, 0) is 21.9 Å². The number of hydrogen-bond donors (Lipinski definition) is 0. The van der Waals surface area contributed by atoms with Gasteiger partial charge in [-0.25, -0.2) is 4.57 Å². The van der Waals surface area contributed by atoms with Gasteiger partial charge in [-0.3, -0.25) is 0 Å². The molecule has 128 valence electrons. The zero-order valence-electron chi connectivity index (χ0n) is 15.5. The summed E-state index contributed by atoms with van der Waals surface area (Å²) >= 11 is 0. The molecule has 3 aromatic rings. The van der Waals surface area contributed by atoms with Crippen molar-refractivity contribution in [2.45, 2.75) is 13.0 Å². The van der Waals surface area contributed by atoms with Crippen LogP contribution in [-0.4, -0.2) is 32.2 Å². The molecular weight excluding hydrogens is 304 g/mol. The molecule has 3 rings (SSSR count). The SMILES string of the molecule is C[N+](C)(C)CCC[n+]1ccc(/C=C/c2cccc3ccccc23)cc1. The molecule has 0 unspecified atom stereocenters. The van der Waals surface area contributed by atoms with Crippen molar-refractivity contribution in [3.8, 4) is 0 Å². The Labute approximate surface area is 151 Å². The van der Waals surface area contributed by atoms with Crippen molar-refractivity contribution in [2.75, 3.05) is 27.7 Å². The minimum atomic E-state index is 1.02. The molecule has 2 nitrogen and oxygen atoms in total. The third-order valence-electron chi connectivity index (χ3n) is 4.44. The van der Waals surface area contributed by atoms with Gasteiger partial charge in [-0.1, -0.05) is 54.6 Å². The van der Waals surface area contributed by atoms with Gasteiger partial charge in [0.1, 0.15) is 0 Å². The van der Waals surface area contributed by atoms with Crippen LogP contribution in [0, 0.1) is 0 Å². The van der Waals surface area contributed by atoms with Crippen LogP contribution in [0.4, 0.5) is 0 Å². The van der Waals surface area contributed by atoms with Crippen LogP contribution in [0.2, 0.25) is 0 Å². The van der Waals surface area contributed by atoms with Crippen LogP contribution in [0.25, 0.3) is 22.9 Å². The fraction of sp³-hybridized carbons (Fsp3) is 0.261. The Hall–Kier alpha value is -2.45. The molecule has 0 atom stereocenters. The Morgan fingerprint density at radius 3 is 2.32 bits per heavy atom. The number of rotatable bonds is 6. The molecule has 0 aliphatic heterocycles. The maximum atomic E-state index is 2.27. The van der Waals surface area contributed by atoms with Crippen LogP contribution in [0.15, 0.2) is 67.0 Å². The van der Waals surface area contributed by atoms with Crippen LogP contribution in [0.5, 0.6) is 0 Å². The molecule has 0 radical (unpaired) electrons. The second kappa shape index (κ2) is 7.62. The van der Waals surface area contributed by atoms with Crippen LogP contribution in [0.3, 0.4) is 0 Å². The van der Waals surface area contributed by atoms with Gasteiger partial charge in [0.2, 0.25) is 0 Å². The summed E-state index contributed by atoms with van der Waals surface area (Å²) in [6, 6.07) is 19.4. The summed E-state index contributed by atoms with van der Waals surface area (Å²) in [5.74, 6) is 0. The Bertz CT molecular complexity index is 850. The summed E-state index contributed by atoms with van der Waals surface area (Å²) < 4.78 is 3.29. The van der Waals surface area contributed by atoms with Crippen molar-refractivity contribution in [1.82, 2.24) is 0 Å². The summed E-state index contributed by atoms with van der Waals surface area (Å²) in [5.41, 5.74) is 2.49.